The van der Waals surface area contributed by atoms with Crippen molar-refractivity contribution in [1.82, 2.24) is 29.2 Å². The van der Waals surface area contributed by atoms with Crippen LogP contribution in [-0.4, -0.2) is 92.5 Å². The first-order chi connectivity index (χ1) is 26.5. The topological polar surface area (TPSA) is 120 Å². The molecule has 1 N–H and O–H groups in total. The summed E-state index contributed by atoms with van der Waals surface area (Å²) in [5.74, 6) is 3.31. The highest BCUT2D eigenvalue weighted by atomic mass is 16.6. The molecule has 12 nitrogen and oxygen atoms in total. The maximum absolute atomic E-state index is 14.3. The molecular weight excluding hydrogens is 709 g/mol. The fraction of sp³-hybridized carbons (Fsp3) is 0.591. The lowest BCUT2D eigenvalue weighted by molar-refractivity contribution is 0.0204. The van der Waals surface area contributed by atoms with Crippen molar-refractivity contribution in [2.45, 2.75) is 104 Å². The molecule has 0 radical (unpaired) electrons. The van der Waals surface area contributed by atoms with Gasteiger partial charge in [0.15, 0.2) is 5.82 Å². The number of para-hydroxylation sites is 1. The quantitative estimate of drug-likeness (QED) is 0.203. The molecule has 12 heteroatoms. The van der Waals surface area contributed by atoms with Gasteiger partial charge in [0.05, 0.1) is 29.9 Å². The van der Waals surface area contributed by atoms with Crippen LogP contribution in [-0.2, 0) is 23.1 Å². The van der Waals surface area contributed by atoms with E-state index in [-0.39, 0.29) is 18.0 Å². The van der Waals surface area contributed by atoms with Gasteiger partial charge < -0.3 is 38.5 Å². The minimum absolute atomic E-state index is 0.101. The number of fused-ring (bicyclic) bond motifs is 3. The number of amides is 3. The number of carbonyl (C=O) groups is 3. The van der Waals surface area contributed by atoms with Gasteiger partial charge in [-0.15, -0.1) is 0 Å². The Balaban J connectivity index is 1.10. The maximum atomic E-state index is 14.3. The Morgan fingerprint density at radius 3 is 2.27 bits per heavy atom. The van der Waals surface area contributed by atoms with Gasteiger partial charge in [-0.05, 0) is 121 Å². The summed E-state index contributed by atoms with van der Waals surface area (Å²) < 4.78 is 21.8. The number of ether oxygens (including phenoxy) is 3. The molecule has 4 atom stereocenters. The maximum Gasteiger partial charge on any atom is 0.410 e. The van der Waals surface area contributed by atoms with Crippen LogP contribution in [0.1, 0.15) is 96.0 Å². The van der Waals surface area contributed by atoms with Crippen LogP contribution in [0.25, 0.3) is 33.5 Å². The van der Waals surface area contributed by atoms with Crippen molar-refractivity contribution in [2.75, 3.05) is 33.3 Å². The van der Waals surface area contributed by atoms with E-state index in [0.717, 1.165) is 36.4 Å². The molecule has 3 unspecified atom stereocenters. The summed E-state index contributed by atoms with van der Waals surface area (Å²) in [4.78, 5) is 48.8. The fourth-order valence-corrected chi connectivity index (χ4v) is 9.30. The van der Waals surface area contributed by atoms with Crippen LogP contribution in [0.4, 0.5) is 9.59 Å². The molecule has 4 aliphatic rings. The zero-order valence-corrected chi connectivity index (χ0v) is 34.5. The molecule has 4 fully saturated rings. The van der Waals surface area contributed by atoms with Crippen molar-refractivity contribution in [3.8, 4) is 17.3 Å². The van der Waals surface area contributed by atoms with E-state index in [4.69, 9.17) is 19.2 Å². The van der Waals surface area contributed by atoms with Crippen molar-refractivity contribution < 1.29 is 28.6 Å². The van der Waals surface area contributed by atoms with E-state index in [2.05, 4.69) is 45.6 Å². The number of nitrogens with zero attached hydrogens (tertiary/aromatic N) is 5. The van der Waals surface area contributed by atoms with E-state index in [1.54, 1.807) is 7.11 Å². The van der Waals surface area contributed by atoms with Crippen LogP contribution in [0.5, 0.6) is 5.75 Å². The standard InChI is InChI=1S/C44H58N6O6/c1-25-31-23-49(24-33(36(25)31)46-41(52)55-43(2,3)4)40(51)29-19-32-38(35(21-29)54-9)47(8)39(45-32)34-20-28-11-10-12-30(37(28)50(34)22-26-13-14-26)27-15-17-48(18-16-27)42(53)56-44(5,6)7/h10-12,19-21,25-27,31,33,36H,13-18,22-24H2,1-9H3,(H,46,52)/t25?,31-,33?,36?/m1/s1. The highest BCUT2D eigenvalue weighted by molar-refractivity contribution is 6.00. The average Bonchev–Trinajstić information content (AvgIpc) is 4.01. The number of benzene rings is 2. The van der Waals surface area contributed by atoms with Crippen molar-refractivity contribution in [3.05, 3.63) is 47.5 Å². The van der Waals surface area contributed by atoms with Crippen molar-refractivity contribution >= 4 is 40.0 Å². The number of imidazole rings is 1. The summed E-state index contributed by atoms with van der Waals surface area (Å²) in [6, 6.07) is 12.4. The Bertz CT molecular complexity index is 2180. The monoisotopic (exact) mass is 766 g/mol. The molecule has 56 heavy (non-hydrogen) atoms. The van der Waals surface area contributed by atoms with Gasteiger partial charge in [-0.25, -0.2) is 14.6 Å². The minimum atomic E-state index is -0.604. The molecule has 4 heterocycles. The number of aromatic nitrogens is 3. The van der Waals surface area contributed by atoms with E-state index in [1.165, 1.54) is 29.3 Å². The zero-order valence-electron chi connectivity index (χ0n) is 34.5. The number of hydrogen-bond donors (Lipinski definition) is 1. The third-order valence-electron chi connectivity index (χ3n) is 12.2. The average molecular weight is 767 g/mol. The summed E-state index contributed by atoms with van der Waals surface area (Å²) >= 11 is 0. The second-order valence-corrected chi connectivity index (χ2v) is 18.7. The number of alkyl carbamates (subject to hydrolysis) is 1. The molecule has 2 aromatic heterocycles. The molecule has 0 bridgehead atoms. The Hall–Kier alpha value is -4.74. The molecule has 2 aliphatic heterocycles. The van der Waals surface area contributed by atoms with E-state index in [1.807, 2.05) is 70.5 Å². The normalized spacial score (nSPS) is 22.9. The molecule has 0 spiro atoms. The van der Waals surface area contributed by atoms with Crippen LogP contribution in [0, 0.1) is 23.7 Å². The molecule has 4 aromatic rings. The van der Waals surface area contributed by atoms with Gasteiger partial charge in [-0.1, -0.05) is 25.1 Å². The van der Waals surface area contributed by atoms with Crippen LogP contribution in [0.15, 0.2) is 36.4 Å². The summed E-state index contributed by atoms with van der Waals surface area (Å²) in [6.07, 6.45) is 3.48. The molecule has 8 rings (SSSR count). The number of carbonyl (C=O) groups excluding carboxylic acids is 3. The largest absolute Gasteiger partial charge is 0.494 e. The van der Waals surface area contributed by atoms with Crippen LogP contribution >= 0.6 is 0 Å². The van der Waals surface area contributed by atoms with Crippen molar-refractivity contribution in [2.24, 2.45) is 30.7 Å². The Labute approximate surface area is 329 Å². The molecule has 2 aromatic carbocycles. The summed E-state index contributed by atoms with van der Waals surface area (Å²) in [7, 11) is 3.66. The second kappa shape index (κ2) is 14.0. The van der Waals surface area contributed by atoms with Crippen LogP contribution in [0.2, 0.25) is 0 Å². The van der Waals surface area contributed by atoms with Gasteiger partial charge in [-0.3, -0.25) is 4.79 Å². The first-order valence-corrected chi connectivity index (χ1v) is 20.4. The van der Waals surface area contributed by atoms with E-state index < -0.39 is 17.3 Å². The number of methoxy groups -OCH3 is 1. The molecule has 300 valence electrons. The van der Waals surface area contributed by atoms with Gasteiger partial charge in [-0.2, -0.15) is 0 Å². The van der Waals surface area contributed by atoms with Crippen LogP contribution < -0.4 is 10.1 Å². The first kappa shape index (κ1) is 38.1. The Morgan fingerprint density at radius 1 is 0.893 bits per heavy atom. The first-order valence-electron chi connectivity index (χ1n) is 20.4. The Morgan fingerprint density at radius 2 is 1.61 bits per heavy atom. The lowest BCUT2D eigenvalue weighted by Crippen LogP contribution is -2.52. The predicted octanol–water partition coefficient (Wildman–Crippen LogP) is 7.96. The minimum Gasteiger partial charge on any atom is -0.494 e. The van der Waals surface area contributed by atoms with E-state index >= 15 is 0 Å². The lowest BCUT2D eigenvalue weighted by Gasteiger charge is -2.34. The number of hydrogen-bond acceptors (Lipinski definition) is 7. The van der Waals surface area contributed by atoms with E-state index in [9.17, 15) is 14.4 Å². The third kappa shape index (κ3) is 7.43. The van der Waals surface area contributed by atoms with Gasteiger partial charge >= 0.3 is 12.2 Å². The highest BCUT2D eigenvalue weighted by Gasteiger charge is 2.56. The van der Waals surface area contributed by atoms with Crippen LogP contribution in [0.3, 0.4) is 0 Å². The van der Waals surface area contributed by atoms with Crippen molar-refractivity contribution in [3.63, 3.8) is 0 Å². The van der Waals surface area contributed by atoms with Gasteiger partial charge in [0, 0.05) is 50.7 Å². The number of rotatable bonds is 7. The number of likely N-dealkylation sites (tertiary alicyclic amines) is 2. The molecule has 2 saturated heterocycles. The summed E-state index contributed by atoms with van der Waals surface area (Å²) in [6.45, 7) is 16.8. The fourth-order valence-electron chi connectivity index (χ4n) is 9.30. The number of aryl methyl sites for hydroxylation is 1. The van der Waals surface area contributed by atoms with E-state index in [0.29, 0.717) is 72.6 Å². The molecular formula is C44H58N6O6. The smallest absolute Gasteiger partial charge is 0.410 e. The Kier molecular flexibility index (Phi) is 9.55. The van der Waals surface area contributed by atoms with Crippen molar-refractivity contribution in [1.29, 1.82) is 0 Å². The number of nitrogens with one attached hydrogen (secondary N) is 1. The second-order valence-electron chi connectivity index (χ2n) is 18.7. The summed E-state index contributed by atoms with van der Waals surface area (Å²) in [5.41, 5.74) is 4.52. The SMILES string of the molecule is COc1cc(C(=O)N2CC(NC(=O)OC(C)(C)C)C3C(C)[C@H]3C2)cc2nc(-c3cc4cccc(C5CCN(C(=O)OC(C)(C)C)CC5)c4n3CC3CC3)n(C)c12. The zero-order chi connectivity index (χ0) is 39.8. The molecule has 2 saturated carbocycles. The summed E-state index contributed by atoms with van der Waals surface area (Å²) in [5, 5.41) is 4.24. The lowest BCUT2D eigenvalue weighted by atomic mass is 9.88. The predicted molar refractivity (Wildman–Crippen MR) is 216 cm³/mol. The number of piperidine rings is 2. The van der Waals surface area contributed by atoms with Gasteiger partial charge in [0.2, 0.25) is 0 Å². The molecule has 2 aliphatic carbocycles. The molecule has 3 amide bonds. The highest BCUT2D eigenvalue weighted by Crippen LogP contribution is 2.51. The third-order valence-corrected chi connectivity index (χ3v) is 12.2. The van der Waals surface area contributed by atoms with Gasteiger partial charge in [0.1, 0.15) is 22.5 Å². The van der Waals surface area contributed by atoms with Gasteiger partial charge in [0.25, 0.3) is 5.91 Å².